The summed E-state index contributed by atoms with van der Waals surface area (Å²) in [7, 11) is 0. The number of aromatic nitrogens is 4. The normalized spacial score (nSPS) is 12.2. The van der Waals surface area contributed by atoms with Crippen LogP contribution >= 0.6 is 0 Å². The Morgan fingerprint density at radius 3 is 2.92 bits per heavy atom. The predicted molar refractivity (Wildman–Crippen MR) is 96.6 cm³/mol. The molecule has 0 aliphatic rings. The Kier molecular flexibility index (Phi) is 4.74. The van der Waals surface area contributed by atoms with Gasteiger partial charge in [-0.3, -0.25) is 9.78 Å². The number of allylic oxidation sites excluding steroid dienone is 1. The highest BCUT2D eigenvalue weighted by molar-refractivity contribution is 5.76. The van der Waals surface area contributed by atoms with Crippen LogP contribution in [-0.2, 0) is 0 Å². The third kappa shape index (κ3) is 3.37. The maximum Gasteiger partial charge on any atom is 0.263 e. The van der Waals surface area contributed by atoms with Gasteiger partial charge in [-0.25, -0.2) is 4.68 Å². The molecule has 0 spiro atoms. The van der Waals surface area contributed by atoms with E-state index >= 15 is 0 Å². The van der Waals surface area contributed by atoms with Crippen LogP contribution in [0.2, 0.25) is 0 Å². The Labute approximate surface area is 140 Å². The number of nitrogens with zero attached hydrogens (tertiary/aromatic N) is 3. The Balaban J connectivity index is 1.91. The fourth-order valence-electron chi connectivity index (χ4n) is 2.62. The van der Waals surface area contributed by atoms with E-state index in [0.717, 1.165) is 24.9 Å². The maximum absolute atomic E-state index is 12.3. The van der Waals surface area contributed by atoms with Gasteiger partial charge < -0.3 is 5.32 Å². The summed E-state index contributed by atoms with van der Waals surface area (Å²) in [5.41, 5.74) is 1.23. The molecule has 0 aliphatic heterocycles. The molecule has 1 atom stereocenters. The number of H-pyrrole nitrogens is 1. The maximum atomic E-state index is 12.3. The lowest BCUT2D eigenvalue weighted by Gasteiger charge is -2.13. The highest BCUT2D eigenvalue weighted by Crippen LogP contribution is 2.15. The van der Waals surface area contributed by atoms with Gasteiger partial charge in [0.1, 0.15) is 5.39 Å². The zero-order chi connectivity index (χ0) is 16.9. The van der Waals surface area contributed by atoms with Crippen LogP contribution in [0.15, 0.2) is 54.0 Å². The topological polar surface area (TPSA) is 75.6 Å². The van der Waals surface area contributed by atoms with Crippen LogP contribution in [0.25, 0.3) is 16.7 Å². The number of rotatable bonds is 7. The van der Waals surface area contributed by atoms with Crippen LogP contribution < -0.4 is 10.9 Å². The Morgan fingerprint density at radius 1 is 1.38 bits per heavy atom. The van der Waals surface area contributed by atoms with E-state index < -0.39 is 0 Å². The lowest BCUT2D eigenvalue weighted by Crippen LogP contribution is -2.20. The van der Waals surface area contributed by atoms with E-state index in [1.807, 2.05) is 36.4 Å². The number of para-hydroxylation sites is 1. The van der Waals surface area contributed by atoms with Crippen molar-refractivity contribution >= 4 is 17.0 Å². The van der Waals surface area contributed by atoms with E-state index in [9.17, 15) is 4.79 Å². The summed E-state index contributed by atoms with van der Waals surface area (Å²) >= 11 is 0. The van der Waals surface area contributed by atoms with Crippen LogP contribution in [-0.4, -0.2) is 25.8 Å². The van der Waals surface area contributed by atoms with Gasteiger partial charge in [0.05, 0.1) is 11.9 Å². The summed E-state index contributed by atoms with van der Waals surface area (Å²) in [6.07, 6.45) is 6.47. The first-order valence-electron chi connectivity index (χ1n) is 8.10. The monoisotopic (exact) mass is 323 g/mol. The van der Waals surface area contributed by atoms with Crippen molar-refractivity contribution in [2.75, 3.05) is 5.32 Å². The van der Waals surface area contributed by atoms with Gasteiger partial charge in [-0.05, 0) is 38.3 Å². The standard InChI is InChI=1S/C18H21N5O/c1-3-4-6-9-13(2)20-18-21-16-15(17(24)22-18)12-19-23(16)14-10-7-5-8-11-14/h3,5,7-8,10-13H,1,4,6,9H2,2H3,(H2,20,21,22,24). The Bertz CT molecular complexity index is 881. The van der Waals surface area contributed by atoms with Gasteiger partial charge >= 0.3 is 0 Å². The number of aromatic amines is 1. The van der Waals surface area contributed by atoms with Crippen molar-refractivity contribution in [3.63, 3.8) is 0 Å². The molecule has 0 fully saturated rings. The van der Waals surface area contributed by atoms with Crippen molar-refractivity contribution in [3.05, 3.63) is 59.5 Å². The molecule has 3 aromatic rings. The molecule has 0 bridgehead atoms. The average Bonchev–Trinajstić information content (AvgIpc) is 3.00. The van der Waals surface area contributed by atoms with Crippen LogP contribution in [0.3, 0.4) is 0 Å². The van der Waals surface area contributed by atoms with E-state index in [4.69, 9.17) is 0 Å². The quantitative estimate of drug-likeness (QED) is 0.517. The number of unbranched alkanes of at least 4 members (excludes halogenated alkanes) is 1. The number of benzene rings is 1. The molecule has 2 aromatic heterocycles. The lowest BCUT2D eigenvalue weighted by atomic mass is 10.1. The zero-order valence-corrected chi connectivity index (χ0v) is 13.7. The van der Waals surface area contributed by atoms with E-state index in [2.05, 4.69) is 33.9 Å². The molecule has 0 saturated carbocycles. The first-order chi connectivity index (χ1) is 11.7. The highest BCUT2D eigenvalue weighted by atomic mass is 16.1. The molecular weight excluding hydrogens is 302 g/mol. The minimum absolute atomic E-state index is 0.192. The molecule has 6 nitrogen and oxygen atoms in total. The number of hydrogen-bond acceptors (Lipinski definition) is 4. The molecular formula is C18H21N5O. The second kappa shape index (κ2) is 7.12. The van der Waals surface area contributed by atoms with Crippen molar-refractivity contribution in [1.82, 2.24) is 19.7 Å². The van der Waals surface area contributed by atoms with Crippen LogP contribution in [0.1, 0.15) is 26.2 Å². The molecule has 1 unspecified atom stereocenters. The minimum Gasteiger partial charge on any atom is -0.353 e. The van der Waals surface area contributed by atoms with Gasteiger partial charge in [-0.15, -0.1) is 6.58 Å². The zero-order valence-electron chi connectivity index (χ0n) is 13.7. The highest BCUT2D eigenvalue weighted by Gasteiger charge is 2.12. The molecule has 0 amide bonds. The van der Waals surface area contributed by atoms with Crippen molar-refractivity contribution < 1.29 is 0 Å². The second-order valence-corrected chi connectivity index (χ2v) is 5.81. The largest absolute Gasteiger partial charge is 0.353 e. The fraction of sp³-hybridized carbons (Fsp3) is 0.278. The predicted octanol–water partition coefficient (Wildman–Crippen LogP) is 3.27. The molecule has 6 heteroatoms. The van der Waals surface area contributed by atoms with E-state index in [1.54, 1.807) is 10.9 Å². The number of anilines is 1. The number of hydrogen-bond donors (Lipinski definition) is 2. The summed E-state index contributed by atoms with van der Waals surface area (Å²) in [5, 5.41) is 8.04. The summed E-state index contributed by atoms with van der Waals surface area (Å²) in [4.78, 5) is 19.6. The van der Waals surface area contributed by atoms with Gasteiger partial charge in [0.15, 0.2) is 5.65 Å². The molecule has 0 aliphatic carbocycles. The Hall–Kier alpha value is -2.89. The summed E-state index contributed by atoms with van der Waals surface area (Å²) in [5.74, 6) is 0.469. The number of nitrogens with one attached hydrogen (secondary N) is 2. The third-order valence-corrected chi connectivity index (χ3v) is 3.87. The second-order valence-electron chi connectivity index (χ2n) is 5.81. The fourth-order valence-corrected chi connectivity index (χ4v) is 2.62. The molecule has 0 radical (unpaired) electrons. The van der Waals surface area contributed by atoms with Crippen LogP contribution in [0.4, 0.5) is 5.95 Å². The summed E-state index contributed by atoms with van der Waals surface area (Å²) in [6.45, 7) is 5.80. The van der Waals surface area contributed by atoms with Crippen molar-refractivity contribution in [2.24, 2.45) is 0 Å². The lowest BCUT2D eigenvalue weighted by molar-refractivity contribution is 0.658. The van der Waals surface area contributed by atoms with Crippen LogP contribution in [0, 0.1) is 0 Å². The molecule has 124 valence electrons. The van der Waals surface area contributed by atoms with Crippen LogP contribution in [0.5, 0.6) is 0 Å². The number of fused-ring (bicyclic) bond motifs is 1. The van der Waals surface area contributed by atoms with Gasteiger partial charge in [0, 0.05) is 6.04 Å². The molecule has 0 saturated heterocycles. The smallest absolute Gasteiger partial charge is 0.263 e. The minimum atomic E-state index is -0.192. The molecule has 2 heterocycles. The van der Waals surface area contributed by atoms with Gasteiger partial charge in [0.2, 0.25) is 5.95 Å². The van der Waals surface area contributed by atoms with E-state index in [0.29, 0.717) is 17.0 Å². The van der Waals surface area contributed by atoms with Gasteiger partial charge in [0.25, 0.3) is 5.56 Å². The first-order valence-corrected chi connectivity index (χ1v) is 8.10. The van der Waals surface area contributed by atoms with Gasteiger partial charge in [-0.1, -0.05) is 24.3 Å². The van der Waals surface area contributed by atoms with E-state index in [1.165, 1.54) is 0 Å². The van der Waals surface area contributed by atoms with Crippen molar-refractivity contribution in [3.8, 4) is 5.69 Å². The summed E-state index contributed by atoms with van der Waals surface area (Å²) < 4.78 is 1.68. The summed E-state index contributed by atoms with van der Waals surface area (Å²) in [6, 6.07) is 9.86. The average molecular weight is 323 g/mol. The molecule has 3 rings (SSSR count). The van der Waals surface area contributed by atoms with E-state index in [-0.39, 0.29) is 11.6 Å². The SMILES string of the molecule is C=CCCCC(C)Nc1nc2c(cnn2-c2ccccc2)c(=O)[nH]1. The van der Waals surface area contributed by atoms with Crippen molar-refractivity contribution in [1.29, 1.82) is 0 Å². The molecule has 2 N–H and O–H groups in total. The first kappa shape index (κ1) is 16.0. The third-order valence-electron chi connectivity index (χ3n) is 3.87. The molecule has 1 aromatic carbocycles. The van der Waals surface area contributed by atoms with Crippen molar-refractivity contribution in [2.45, 2.75) is 32.2 Å². The molecule has 24 heavy (non-hydrogen) atoms. The Morgan fingerprint density at radius 2 is 2.17 bits per heavy atom. The van der Waals surface area contributed by atoms with Gasteiger partial charge in [-0.2, -0.15) is 10.1 Å².